The van der Waals surface area contributed by atoms with E-state index in [1.54, 1.807) is 0 Å². The Morgan fingerprint density at radius 3 is 2.70 bits per heavy atom. The highest BCUT2D eigenvalue weighted by Gasteiger charge is 2.38. The van der Waals surface area contributed by atoms with Gasteiger partial charge < -0.3 is 5.11 Å². The average molecular weight is 383 g/mol. The predicted molar refractivity (Wildman–Crippen MR) is 78.6 cm³/mol. The van der Waals surface area contributed by atoms with Crippen molar-refractivity contribution in [1.29, 1.82) is 0 Å². The van der Waals surface area contributed by atoms with Crippen molar-refractivity contribution in [3.8, 4) is 0 Å². The van der Waals surface area contributed by atoms with E-state index in [4.69, 9.17) is 16.7 Å². The number of carboxylic acid groups (broad SMARTS) is 1. The molecule has 2 unspecified atom stereocenters. The Kier molecular flexibility index (Phi) is 4.44. The van der Waals surface area contributed by atoms with Crippen molar-refractivity contribution in [3.05, 3.63) is 27.2 Å². The summed E-state index contributed by atoms with van der Waals surface area (Å²) >= 11 is 8.91. The fraction of sp³-hybridized carbons (Fsp3) is 0.417. The van der Waals surface area contributed by atoms with Gasteiger partial charge in [0.05, 0.1) is 15.5 Å². The maximum atomic E-state index is 12.2. The van der Waals surface area contributed by atoms with Crippen LogP contribution in [-0.4, -0.2) is 25.5 Å². The van der Waals surface area contributed by atoms with E-state index in [0.717, 1.165) is 18.9 Å². The van der Waals surface area contributed by atoms with Crippen LogP contribution in [0, 0.1) is 5.92 Å². The number of nitrogens with one attached hydrogen (secondary N) is 1. The molecule has 5 nitrogen and oxygen atoms in total. The Balaban J connectivity index is 2.35. The summed E-state index contributed by atoms with van der Waals surface area (Å²) in [5, 5.41) is 9.01. The fourth-order valence-corrected chi connectivity index (χ4v) is 4.16. The van der Waals surface area contributed by atoms with E-state index in [2.05, 4.69) is 20.7 Å². The highest BCUT2D eigenvalue weighted by Crippen LogP contribution is 2.35. The highest BCUT2D eigenvalue weighted by molar-refractivity contribution is 9.10. The standard InChI is InChI=1S/C12H13BrClNO4S/c1-2-6-3-10(6)15-20(18,19)7-4-8(12(16)17)11(14)9(13)5-7/h4-6,10,15H,2-3H2,1H3,(H,16,17). The lowest BCUT2D eigenvalue weighted by Gasteiger charge is -2.09. The summed E-state index contributed by atoms with van der Waals surface area (Å²) < 4.78 is 27.2. The van der Waals surface area contributed by atoms with E-state index in [1.807, 2.05) is 6.92 Å². The molecule has 1 aliphatic rings. The molecule has 110 valence electrons. The summed E-state index contributed by atoms with van der Waals surface area (Å²) in [5.74, 6) is -0.912. The van der Waals surface area contributed by atoms with Gasteiger partial charge in [-0.1, -0.05) is 24.9 Å². The summed E-state index contributed by atoms with van der Waals surface area (Å²) in [6.07, 6.45) is 1.73. The molecule has 0 amide bonds. The summed E-state index contributed by atoms with van der Waals surface area (Å²) in [4.78, 5) is 11.0. The molecule has 1 fully saturated rings. The lowest BCUT2D eigenvalue weighted by molar-refractivity contribution is 0.0696. The van der Waals surface area contributed by atoms with Crippen molar-refractivity contribution in [2.45, 2.75) is 30.7 Å². The molecule has 2 N–H and O–H groups in total. The van der Waals surface area contributed by atoms with Crippen molar-refractivity contribution in [2.24, 2.45) is 5.92 Å². The van der Waals surface area contributed by atoms with E-state index in [0.29, 0.717) is 5.92 Å². The second kappa shape index (κ2) is 5.63. The van der Waals surface area contributed by atoms with Crippen LogP contribution in [0.3, 0.4) is 0 Å². The van der Waals surface area contributed by atoms with Crippen LogP contribution in [0.2, 0.25) is 5.02 Å². The van der Waals surface area contributed by atoms with Gasteiger partial charge in [0.15, 0.2) is 0 Å². The van der Waals surface area contributed by atoms with Gasteiger partial charge in [0, 0.05) is 10.5 Å². The summed E-state index contributed by atoms with van der Waals surface area (Å²) in [5.41, 5.74) is -0.246. The van der Waals surface area contributed by atoms with Crippen LogP contribution in [-0.2, 0) is 10.0 Å². The molecule has 1 saturated carbocycles. The maximum Gasteiger partial charge on any atom is 0.337 e. The van der Waals surface area contributed by atoms with Gasteiger partial charge in [-0.05, 0) is 40.4 Å². The first-order chi connectivity index (χ1) is 9.26. The van der Waals surface area contributed by atoms with Gasteiger partial charge in [0.2, 0.25) is 10.0 Å². The Bertz CT molecular complexity index is 662. The van der Waals surface area contributed by atoms with E-state index in [-0.39, 0.29) is 26.0 Å². The van der Waals surface area contributed by atoms with Gasteiger partial charge in [-0.25, -0.2) is 17.9 Å². The third kappa shape index (κ3) is 3.16. The molecule has 0 spiro atoms. The number of sulfonamides is 1. The number of aromatic carboxylic acids is 1. The number of rotatable bonds is 5. The molecule has 0 saturated heterocycles. The van der Waals surface area contributed by atoms with Crippen molar-refractivity contribution in [3.63, 3.8) is 0 Å². The zero-order chi connectivity index (χ0) is 15.1. The normalized spacial score (nSPS) is 21.8. The van der Waals surface area contributed by atoms with Gasteiger partial charge in [-0.3, -0.25) is 0 Å². The zero-order valence-electron chi connectivity index (χ0n) is 10.6. The number of halogens is 2. The predicted octanol–water partition coefficient (Wildman–Crippen LogP) is 2.88. The van der Waals surface area contributed by atoms with Crippen molar-refractivity contribution >= 4 is 43.5 Å². The van der Waals surface area contributed by atoms with Crippen molar-refractivity contribution in [1.82, 2.24) is 4.72 Å². The maximum absolute atomic E-state index is 12.2. The van der Waals surface area contributed by atoms with Crippen LogP contribution in [0.15, 0.2) is 21.5 Å². The highest BCUT2D eigenvalue weighted by atomic mass is 79.9. The number of carboxylic acids is 1. The molecule has 0 heterocycles. The number of hydrogen-bond acceptors (Lipinski definition) is 3. The number of carbonyl (C=O) groups is 1. The summed E-state index contributed by atoms with van der Waals surface area (Å²) in [7, 11) is -3.74. The molecule has 2 atom stereocenters. The largest absolute Gasteiger partial charge is 0.478 e. The molecule has 1 aromatic rings. The number of hydrogen-bond donors (Lipinski definition) is 2. The van der Waals surface area contributed by atoms with E-state index in [9.17, 15) is 13.2 Å². The van der Waals surface area contributed by atoms with Gasteiger partial charge in [0.1, 0.15) is 0 Å². The van der Waals surface area contributed by atoms with Gasteiger partial charge in [-0.2, -0.15) is 0 Å². The van der Waals surface area contributed by atoms with Crippen molar-refractivity contribution < 1.29 is 18.3 Å². The van der Waals surface area contributed by atoms with Gasteiger partial charge in [0.25, 0.3) is 0 Å². The van der Waals surface area contributed by atoms with Crippen LogP contribution >= 0.6 is 27.5 Å². The van der Waals surface area contributed by atoms with Gasteiger partial charge >= 0.3 is 5.97 Å². The molecular formula is C12H13BrClNO4S. The van der Waals surface area contributed by atoms with E-state index in [1.165, 1.54) is 6.07 Å². The van der Waals surface area contributed by atoms with Crippen LogP contribution in [0.5, 0.6) is 0 Å². The summed E-state index contributed by atoms with van der Waals surface area (Å²) in [6, 6.07) is 2.31. The van der Waals surface area contributed by atoms with Gasteiger partial charge in [-0.15, -0.1) is 0 Å². The van der Waals surface area contributed by atoms with Crippen LogP contribution in [0.25, 0.3) is 0 Å². The second-order valence-electron chi connectivity index (χ2n) is 4.70. The monoisotopic (exact) mass is 381 g/mol. The fourth-order valence-electron chi connectivity index (χ4n) is 1.99. The SMILES string of the molecule is CCC1CC1NS(=O)(=O)c1cc(Br)c(Cl)c(C(=O)O)c1. The Hall–Kier alpha value is -0.630. The molecule has 0 bridgehead atoms. The summed E-state index contributed by atoms with van der Waals surface area (Å²) in [6.45, 7) is 2.00. The van der Waals surface area contributed by atoms with Crippen LogP contribution in [0.4, 0.5) is 0 Å². The lowest BCUT2D eigenvalue weighted by Crippen LogP contribution is -2.27. The molecular weight excluding hydrogens is 370 g/mol. The minimum absolute atomic E-state index is 0.0192. The smallest absolute Gasteiger partial charge is 0.337 e. The Labute approximate surface area is 130 Å². The third-order valence-electron chi connectivity index (χ3n) is 3.30. The first kappa shape index (κ1) is 15.8. The molecule has 0 aromatic heterocycles. The molecule has 1 aromatic carbocycles. The van der Waals surface area contributed by atoms with E-state index >= 15 is 0 Å². The Morgan fingerprint density at radius 1 is 1.55 bits per heavy atom. The molecule has 2 rings (SSSR count). The first-order valence-electron chi connectivity index (χ1n) is 6.01. The quantitative estimate of drug-likeness (QED) is 0.820. The first-order valence-corrected chi connectivity index (χ1v) is 8.66. The molecule has 20 heavy (non-hydrogen) atoms. The average Bonchev–Trinajstić information content (AvgIpc) is 3.09. The Morgan fingerprint density at radius 2 is 2.20 bits per heavy atom. The molecule has 0 aliphatic heterocycles. The zero-order valence-corrected chi connectivity index (χ0v) is 13.7. The van der Waals surface area contributed by atoms with Crippen molar-refractivity contribution in [2.75, 3.05) is 0 Å². The molecule has 1 aliphatic carbocycles. The molecule has 0 radical (unpaired) electrons. The van der Waals surface area contributed by atoms with Crippen LogP contribution in [0.1, 0.15) is 30.1 Å². The minimum Gasteiger partial charge on any atom is -0.478 e. The third-order valence-corrected chi connectivity index (χ3v) is 6.03. The topological polar surface area (TPSA) is 83.5 Å². The van der Waals surface area contributed by atoms with Crippen LogP contribution < -0.4 is 4.72 Å². The number of benzene rings is 1. The molecule has 8 heteroatoms. The minimum atomic E-state index is -3.74. The van der Waals surface area contributed by atoms with E-state index < -0.39 is 16.0 Å². The second-order valence-corrected chi connectivity index (χ2v) is 7.65. The lowest BCUT2D eigenvalue weighted by atomic mass is 10.2.